The number of hydrogen-bond donors (Lipinski definition) is 1. The van der Waals surface area contributed by atoms with Gasteiger partial charge >= 0.3 is 0 Å². The van der Waals surface area contributed by atoms with Crippen molar-refractivity contribution in [2.45, 2.75) is 6.92 Å². The number of nitrogens with zero attached hydrogens (tertiary/aromatic N) is 1. The van der Waals surface area contributed by atoms with Crippen LogP contribution in [-0.2, 0) is 0 Å². The monoisotopic (exact) mass is 306 g/mol. The van der Waals surface area contributed by atoms with Gasteiger partial charge in [-0.1, -0.05) is 42.5 Å². The average Bonchev–Trinajstić information content (AvgIpc) is 2.85. The summed E-state index contributed by atoms with van der Waals surface area (Å²) >= 11 is 0. The number of nitrogens with one attached hydrogen (secondary N) is 1. The molecule has 2 aromatic rings. The van der Waals surface area contributed by atoms with E-state index in [2.05, 4.69) is 10.5 Å². The van der Waals surface area contributed by atoms with Crippen LogP contribution < -0.4 is 5.43 Å². The van der Waals surface area contributed by atoms with E-state index >= 15 is 0 Å². The summed E-state index contributed by atoms with van der Waals surface area (Å²) in [4.78, 5) is 36.7. The van der Waals surface area contributed by atoms with Crippen LogP contribution in [0.15, 0.2) is 59.7 Å². The SMILES string of the molecule is C/C(=N\NC(=O)c1ccccc1)C1C(=O)c2ccccc2C1=O. The van der Waals surface area contributed by atoms with Crippen molar-refractivity contribution in [3.8, 4) is 0 Å². The Morgan fingerprint density at radius 3 is 2.00 bits per heavy atom. The van der Waals surface area contributed by atoms with E-state index in [0.29, 0.717) is 16.7 Å². The molecule has 5 nitrogen and oxygen atoms in total. The van der Waals surface area contributed by atoms with Gasteiger partial charge in [0, 0.05) is 16.7 Å². The summed E-state index contributed by atoms with van der Waals surface area (Å²) in [6.07, 6.45) is 0. The maximum absolute atomic E-state index is 12.3. The second kappa shape index (κ2) is 5.96. The van der Waals surface area contributed by atoms with Crippen LogP contribution in [0.5, 0.6) is 0 Å². The Morgan fingerprint density at radius 1 is 0.913 bits per heavy atom. The highest BCUT2D eigenvalue weighted by Crippen LogP contribution is 2.27. The zero-order chi connectivity index (χ0) is 16.4. The highest BCUT2D eigenvalue weighted by atomic mass is 16.2. The number of benzene rings is 2. The molecule has 3 rings (SSSR count). The van der Waals surface area contributed by atoms with Crippen molar-refractivity contribution in [2.24, 2.45) is 11.0 Å². The molecule has 0 radical (unpaired) electrons. The lowest BCUT2D eigenvalue weighted by molar-refractivity contribution is 0.0877. The number of carbonyl (C=O) groups is 3. The van der Waals surface area contributed by atoms with Gasteiger partial charge in [0.25, 0.3) is 5.91 Å². The fourth-order valence-corrected chi connectivity index (χ4v) is 2.58. The molecule has 0 spiro atoms. The van der Waals surface area contributed by atoms with Gasteiger partial charge in [-0.2, -0.15) is 5.10 Å². The lowest BCUT2D eigenvalue weighted by Gasteiger charge is -2.07. The number of rotatable bonds is 3. The van der Waals surface area contributed by atoms with E-state index in [1.807, 2.05) is 0 Å². The second-order valence-corrected chi connectivity index (χ2v) is 5.27. The van der Waals surface area contributed by atoms with E-state index in [-0.39, 0.29) is 23.2 Å². The Kier molecular flexibility index (Phi) is 3.85. The summed E-state index contributed by atoms with van der Waals surface area (Å²) in [6.45, 7) is 1.57. The number of amides is 1. The zero-order valence-electron chi connectivity index (χ0n) is 12.4. The second-order valence-electron chi connectivity index (χ2n) is 5.27. The molecule has 0 bridgehead atoms. The highest BCUT2D eigenvalue weighted by Gasteiger charge is 2.40. The van der Waals surface area contributed by atoms with Crippen LogP contribution in [0.3, 0.4) is 0 Å². The van der Waals surface area contributed by atoms with Gasteiger partial charge in [-0.15, -0.1) is 0 Å². The van der Waals surface area contributed by atoms with Gasteiger partial charge in [0.05, 0.1) is 5.71 Å². The molecule has 0 unspecified atom stereocenters. The summed E-state index contributed by atoms with van der Waals surface area (Å²) in [5.74, 6) is -1.90. The molecule has 1 aliphatic rings. The molecule has 23 heavy (non-hydrogen) atoms. The Balaban J connectivity index is 1.79. The molecule has 2 aromatic carbocycles. The van der Waals surface area contributed by atoms with Crippen LogP contribution in [0.1, 0.15) is 38.0 Å². The lowest BCUT2D eigenvalue weighted by atomic mass is 9.99. The zero-order valence-corrected chi connectivity index (χ0v) is 12.4. The van der Waals surface area contributed by atoms with Crippen LogP contribution in [-0.4, -0.2) is 23.2 Å². The van der Waals surface area contributed by atoms with Crippen LogP contribution in [0, 0.1) is 5.92 Å². The number of Topliss-reactive ketones (excluding diaryl/α,β-unsaturated/α-hetero) is 2. The molecule has 1 N–H and O–H groups in total. The minimum atomic E-state index is -0.955. The van der Waals surface area contributed by atoms with Crippen molar-refractivity contribution in [3.05, 3.63) is 71.3 Å². The Morgan fingerprint density at radius 2 is 1.43 bits per heavy atom. The standard InChI is InChI=1S/C18H14N2O3/c1-11(19-20-18(23)12-7-3-2-4-8-12)15-16(21)13-9-5-6-10-14(13)17(15)22/h2-10,15H,1H3,(H,20,23)/b19-11+. The van der Waals surface area contributed by atoms with E-state index in [0.717, 1.165) is 0 Å². The molecule has 0 fully saturated rings. The van der Waals surface area contributed by atoms with Crippen molar-refractivity contribution >= 4 is 23.2 Å². The first-order valence-electron chi connectivity index (χ1n) is 7.16. The first kappa shape index (κ1) is 14.8. The third-order valence-electron chi connectivity index (χ3n) is 3.77. The molecule has 0 aromatic heterocycles. The molecule has 0 saturated heterocycles. The maximum atomic E-state index is 12.3. The minimum absolute atomic E-state index is 0.277. The molecular formula is C18H14N2O3. The molecule has 0 heterocycles. The predicted molar refractivity (Wildman–Crippen MR) is 85.6 cm³/mol. The summed E-state index contributed by atoms with van der Waals surface area (Å²) in [6, 6.07) is 15.3. The Labute approximate surface area is 133 Å². The first-order valence-corrected chi connectivity index (χ1v) is 7.16. The summed E-state index contributed by atoms with van der Waals surface area (Å²) in [5, 5.41) is 3.94. The van der Waals surface area contributed by atoms with E-state index in [4.69, 9.17) is 0 Å². The van der Waals surface area contributed by atoms with Gasteiger partial charge in [-0.25, -0.2) is 5.43 Å². The number of hydrogen-bond acceptors (Lipinski definition) is 4. The highest BCUT2D eigenvalue weighted by molar-refractivity contribution is 6.36. The molecule has 0 aliphatic heterocycles. The number of carbonyl (C=O) groups excluding carboxylic acids is 3. The van der Waals surface area contributed by atoms with Gasteiger partial charge in [0.15, 0.2) is 11.6 Å². The lowest BCUT2D eigenvalue weighted by Crippen LogP contribution is -2.27. The van der Waals surface area contributed by atoms with Crippen molar-refractivity contribution in [1.82, 2.24) is 5.43 Å². The fourth-order valence-electron chi connectivity index (χ4n) is 2.58. The van der Waals surface area contributed by atoms with Crippen molar-refractivity contribution in [2.75, 3.05) is 0 Å². The molecule has 0 atom stereocenters. The molecule has 1 aliphatic carbocycles. The molecule has 0 saturated carbocycles. The van der Waals surface area contributed by atoms with Crippen LogP contribution in [0.4, 0.5) is 0 Å². The molecule has 114 valence electrons. The summed E-state index contributed by atoms with van der Waals surface area (Å²) in [5.41, 5.74) is 3.94. The fraction of sp³-hybridized carbons (Fsp3) is 0.111. The van der Waals surface area contributed by atoms with Crippen molar-refractivity contribution < 1.29 is 14.4 Å². The Hall–Kier alpha value is -3.08. The van der Waals surface area contributed by atoms with E-state index in [1.54, 1.807) is 61.5 Å². The molecular weight excluding hydrogens is 292 g/mol. The van der Waals surface area contributed by atoms with Crippen LogP contribution in [0.25, 0.3) is 0 Å². The van der Waals surface area contributed by atoms with Crippen molar-refractivity contribution in [3.63, 3.8) is 0 Å². The molecule has 1 amide bonds. The number of hydrazone groups is 1. The smallest absolute Gasteiger partial charge is 0.271 e. The number of ketones is 2. The van der Waals surface area contributed by atoms with E-state index in [1.165, 1.54) is 0 Å². The van der Waals surface area contributed by atoms with Gasteiger partial charge in [-0.05, 0) is 19.1 Å². The van der Waals surface area contributed by atoms with Gasteiger partial charge in [0.2, 0.25) is 0 Å². The topological polar surface area (TPSA) is 75.6 Å². The first-order chi connectivity index (χ1) is 11.1. The summed E-state index contributed by atoms with van der Waals surface area (Å²) in [7, 11) is 0. The van der Waals surface area contributed by atoms with Crippen LogP contribution in [0.2, 0.25) is 0 Å². The van der Waals surface area contributed by atoms with E-state index < -0.39 is 5.92 Å². The predicted octanol–water partition coefficient (Wildman–Crippen LogP) is 2.49. The van der Waals surface area contributed by atoms with Crippen LogP contribution >= 0.6 is 0 Å². The Bertz CT molecular complexity index is 790. The largest absolute Gasteiger partial charge is 0.293 e. The van der Waals surface area contributed by atoms with E-state index in [9.17, 15) is 14.4 Å². The normalized spacial score (nSPS) is 14.7. The minimum Gasteiger partial charge on any atom is -0.293 e. The maximum Gasteiger partial charge on any atom is 0.271 e. The summed E-state index contributed by atoms with van der Waals surface area (Å²) < 4.78 is 0. The number of fused-ring (bicyclic) bond motifs is 1. The quantitative estimate of drug-likeness (QED) is 0.538. The molecule has 5 heteroatoms. The van der Waals surface area contributed by atoms with Gasteiger partial charge in [0.1, 0.15) is 5.92 Å². The third-order valence-corrected chi connectivity index (χ3v) is 3.77. The van der Waals surface area contributed by atoms with Gasteiger partial charge in [-0.3, -0.25) is 14.4 Å². The van der Waals surface area contributed by atoms with Crippen molar-refractivity contribution in [1.29, 1.82) is 0 Å². The third kappa shape index (κ3) is 2.68. The van der Waals surface area contributed by atoms with Gasteiger partial charge < -0.3 is 0 Å². The average molecular weight is 306 g/mol.